The summed E-state index contributed by atoms with van der Waals surface area (Å²) in [5.41, 5.74) is 0. The molecule has 0 aliphatic heterocycles. The number of carbonyl (C=O) groups excluding carboxylic acids is 1. The van der Waals surface area contributed by atoms with Crippen LogP contribution in [0.5, 0.6) is 5.75 Å². The van der Waals surface area contributed by atoms with Gasteiger partial charge in [0.2, 0.25) is 11.9 Å². The minimum Gasteiger partial charge on any atom is -0.490 e. The molecule has 1 aromatic rings. The van der Waals surface area contributed by atoms with Gasteiger partial charge in [0.15, 0.2) is 5.75 Å². The van der Waals surface area contributed by atoms with Crippen LogP contribution >= 0.6 is 15.9 Å². The number of nitrogens with zero attached hydrogens (tertiary/aromatic N) is 2. The van der Waals surface area contributed by atoms with Gasteiger partial charge in [0.05, 0.1) is 23.8 Å². The van der Waals surface area contributed by atoms with Crippen molar-refractivity contribution in [2.45, 2.75) is 24.6 Å². The highest BCUT2D eigenvalue weighted by Gasteiger charge is 2.22. The predicted molar refractivity (Wildman–Crippen MR) is 67.3 cm³/mol. The van der Waals surface area contributed by atoms with E-state index < -0.39 is 0 Å². The number of nitrogens with one attached hydrogen (secondary N) is 1. The predicted octanol–water partition coefficient (Wildman–Crippen LogP) is 1.99. The molecule has 0 saturated heterocycles. The monoisotopic (exact) mass is 299 g/mol. The molecule has 1 fully saturated rings. The summed E-state index contributed by atoms with van der Waals surface area (Å²) >= 11 is 3.17. The summed E-state index contributed by atoms with van der Waals surface area (Å²) in [5.74, 6) is 1.46. The molecule has 1 unspecified atom stereocenters. The molecule has 1 aromatic heterocycles. The quantitative estimate of drug-likeness (QED) is 0.845. The van der Waals surface area contributed by atoms with E-state index in [1.165, 1.54) is 12.8 Å². The third-order valence-electron chi connectivity index (χ3n) is 2.41. The summed E-state index contributed by atoms with van der Waals surface area (Å²) in [4.78, 5) is 19.1. The molecule has 0 spiro atoms. The first-order valence-electron chi connectivity index (χ1n) is 5.55. The Morgan fingerprint density at radius 1 is 1.59 bits per heavy atom. The van der Waals surface area contributed by atoms with E-state index in [4.69, 9.17) is 4.74 Å². The van der Waals surface area contributed by atoms with E-state index in [1.807, 2.05) is 0 Å². The molecule has 1 heterocycles. The molecule has 2 rings (SSSR count). The lowest BCUT2D eigenvalue weighted by Gasteiger charge is -2.06. The molecule has 17 heavy (non-hydrogen) atoms. The van der Waals surface area contributed by atoms with Crippen molar-refractivity contribution in [1.29, 1.82) is 0 Å². The van der Waals surface area contributed by atoms with Gasteiger partial charge in [-0.1, -0.05) is 15.9 Å². The molecule has 6 heteroatoms. The maximum atomic E-state index is 11.4. The average molecular weight is 300 g/mol. The number of rotatable bonds is 5. The topological polar surface area (TPSA) is 64.1 Å². The van der Waals surface area contributed by atoms with Gasteiger partial charge >= 0.3 is 0 Å². The van der Waals surface area contributed by atoms with Crippen molar-refractivity contribution in [2.75, 3.05) is 11.9 Å². The maximum absolute atomic E-state index is 11.4. The van der Waals surface area contributed by atoms with Gasteiger partial charge in [-0.25, -0.2) is 9.97 Å². The van der Waals surface area contributed by atoms with Crippen molar-refractivity contribution >= 4 is 27.8 Å². The number of alkyl halides is 1. The van der Waals surface area contributed by atoms with Crippen LogP contribution in [0.4, 0.5) is 5.95 Å². The number of amides is 1. The Morgan fingerprint density at radius 3 is 2.76 bits per heavy atom. The van der Waals surface area contributed by atoms with Gasteiger partial charge in [0, 0.05) is 0 Å². The highest BCUT2D eigenvalue weighted by atomic mass is 79.9. The zero-order valence-corrected chi connectivity index (χ0v) is 11.1. The second kappa shape index (κ2) is 5.44. The summed E-state index contributed by atoms with van der Waals surface area (Å²) in [5, 5.41) is 2.58. The molecular formula is C11H14BrN3O2. The number of hydrogen-bond acceptors (Lipinski definition) is 4. The summed E-state index contributed by atoms with van der Waals surface area (Å²) in [7, 11) is 0. The zero-order valence-electron chi connectivity index (χ0n) is 9.52. The Morgan fingerprint density at radius 2 is 2.24 bits per heavy atom. The first-order valence-corrected chi connectivity index (χ1v) is 6.46. The van der Waals surface area contributed by atoms with Crippen molar-refractivity contribution in [3.63, 3.8) is 0 Å². The Balaban J connectivity index is 1.85. The Labute approximate surface area is 108 Å². The molecule has 1 aliphatic carbocycles. The van der Waals surface area contributed by atoms with Crippen molar-refractivity contribution in [3.05, 3.63) is 12.4 Å². The molecule has 92 valence electrons. The number of anilines is 1. The standard InChI is InChI=1S/C11H14BrN3O2/c1-7(12)10(16)15-11-13-4-9(5-14-11)17-6-8-2-3-8/h4-5,7-8H,2-3,6H2,1H3,(H,13,14,15,16). The largest absolute Gasteiger partial charge is 0.490 e. The lowest BCUT2D eigenvalue weighted by Crippen LogP contribution is -2.21. The molecule has 0 aromatic carbocycles. The summed E-state index contributed by atoms with van der Waals surface area (Å²) in [6.07, 6.45) is 5.64. The van der Waals surface area contributed by atoms with Crippen molar-refractivity contribution < 1.29 is 9.53 Å². The Hall–Kier alpha value is -1.17. The summed E-state index contributed by atoms with van der Waals surface area (Å²) < 4.78 is 5.49. The van der Waals surface area contributed by atoms with Gasteiger partial charge in [0.1, 0.15) is 0 Å². The van der Waals surface area contributed by atoms with Gasteiger partial charge in [-0.2, -0.15) is 0 Å². The molecule has 0 radical (unpaired) electrons. The third kappa shape index (κ3) is 3.96. The molecule has 1 atom stereocenters. The minimum atomic E-state index is -0.267. The number of ether oxygens (including phenoxy) is 1. The molecule has 1 aliphatic rings. The second-order valence-electron chi connectivity index (χ2n) is 4.10. The Kier molecular flexibility index (Phi) is 3.93. The van der Waals surface area contributed by atoms with Crippen LogP contribution in [0.25, 0.3) is 0 Å². The van der Waals surface area contributed by atoms with Crippen LogP contribution in [0.15, 0.2) is 12.4 Å². The van der Waals surface area contributed by atoms with E-state index in [2.05, 4.69) is 31.2 Å². The van der Waals surface area contributed by atoms with Crippen molar-refractivity contribution in [2.24, 2.45) is 5.92 Å². The van der Waals surface area contributed by atoms with E-state index in [0.717, 1.165) is 6.61 Å². The van der Waals surface area contributed by atoms with E-state index in [-0.39, 0.29) is 10.7 Å². The number of aromatic nitrogens is 2. The van der Waals surface area contributed by atoms with Gasteiger partial charge in [-0.15, -0.1) is 0 Å². The molecule has 5 nitrogen and oxygen atoms in total. The first kappa shape index (κ1) is 12.3. The fraction of sp³-hybridized carbons (Fsp3) is 0.545. The molecule has 0 bridgehead atoms. The van der Waals surface area contributed by atoms with Gasteiger partial charge in [-0.3, -0.25) is 10.1 Å². The van der Waals surface area contributed by atoms with E-state index in [1.54, 1.807) is 19.3 Å². The summed E-state index contributed by atoms with van der Waals surface area (Å²) in [6, 6.07) is 0. The highest BCUT2D eigenvalue weighted by Crippen LogP contribution is 2.29. The van der Waals surface area contributed by atoms with Crippen molar-refractivity contribution in [1.82, 2.24) is 9.97 Å². The van der Waals surface area contributed by atoms with Crippen LogP contribution in [0.3, 0.4) is 0 Å². The van der Waals surface area contributed by atoms with Crippen LogP contribution in [-0.4, -0.2) is 27.3 Å². The molecular weight excluding hydrogens is 286 g/mol. The van der Waals surface area contributed by atoms with Gasteiger partial charge in [-0.05, 0) is 25.7 Å². The second-order valence-corrected chi connectivity index (χ2v) is 5.48. The number of halogens is 1. The van der Waals surface area contributed by atoms with Gasteiger partial charge < -0.3 is 4.74 Å². The number of hydrogen-bond donors (Lipinski definition) is 1. The Bertz CT molecular complexity index is 390. The normalized spacial score (nSPS) is 16.4. The van der Waals surface area contributed by atoms with Crippen LogP contribution in [0, 0.1) is 5.92 Å². The lowest BCUT2D eigenvalue weighted by molar-refractivity contribution is -0.115. The zero-order chi connectivity index (χ0) is 12.3. The minimum absolute atomic E-state index is 0.170. The third-order valence-corrected chi connectivity index (χ3v) is 2.82. The van der Waals surface area contributed by atoms with E-state index in [9.17, 15) is 4.79 Å². The van der Waals surface area contributed by atoms with Crippen LogP contribution < -0.4 is 10.1 Å². The molecule has 1 N–H and O–H groups in total. The molecule has 1 saturated carbocycles. The number of carbonyl (C=O) groups is 1. The molecule has 1 amide bonds. The average Bonchev–Trinajstić information content (AvgIpc) is 3.12. The van der Waals surface area contributed by atoms with Crippen LogP contribution in [-0.2, 0) is 4.79 Å². The van der Waals surface area contributed by atoms with E-state index in [0.29, 0.717) is 17.6 Å². The fourth-order valence-electron chi connectivity index (χ4n) is 1.16. The smallest absolute Gasteiger partial charge is 0.240 e. The van der Waals surface area contributed by atoms with E-state index >= 15 is 0 Å². The lowest BCUT2D eigenvalue weighted by atomic mass is 10.4. The van der Waals surface area contributed by atoms with Crippen LogP contribution in [0.1, 0.15) is 19.8 Å². The van der Waals surface area contributed by atoms with Gasteiger partial charge in [0.25, 0.3) is 0 Å². The van der Waals surface area contributed by atoms with Crippen molar-refractivity contribution in [3.8, 4) is 5.75 Å². The summed E-state index contributed by atoms with van der Waals surface area (Å²) in [6.45, 7) is 2.47. The first-order chi connectivity index (χ1) is 8.15. The maximum Gasteiger partial charge on any atom is 0.240 e. The SMILES string of the molecule is CC(Br)C(=O)Nc1ncc(OCC2CC2)cn1. The fourth-order valence-corrected chi connectivity index (χ4v) is 1.28. The van der Waals surface area contributed by atoms with Crippen LogP contribution in [0.2, 0.25) is 0 Å². The highest BCUT2D eigenvalue weighted by molar-refractivity contribution is 9.10.